The second-order valence-corrected chi connectivity index (χ2v) is 7.49. The highest BCUT2D eigenvalue weighted by molar-refractivity contribution is 5.91. The summed E-state index contributed by atoms with van der Waals surface area (Å²) in [5.41, 5.74) is 1.83. The molecule has 31 heavy (non-hydrogen) atoms. The fourth-order valence-corrected chi connectivity index (χ4v) is 3.48. The van der Waals surface area contributed by atoms with Crippen molar-refractivity contribution in [2.24, 2.45) is 0 Å². The van der Waals surface area contributed by atoms with Crippen LogP contribution in [0.3, 0.4) is 0 Å². The third-order valence-corrected chi connectivity index (χ3v) is 5.18. The van der Waals surface area contributed by atoms with Crippen molar-refractivity contribution < 1.29 is 14.3 Å². The molecular weight excluding hydrogens is 390 g/mol. The normalized spacial score (nSPS) is 14.2. The summed E-state index contributed by atoms with van der Waals surface area (Å²) in [5, 5.41) is 2.90. The Morgan fingerprint density at radius 1 is 1.16 bits per heavy atom. The van der Waals surface area contributed by atoms with Gasteiger partial charge >= 0.3 is 0 Å². The molecule has 0 atom stereocenters. The molecule has 1 aliphatic heterocycles. The van der Waals surface area contributed by atoms with Gasteiger partial charge in [-0.3, -0.25) is 4.79 Å². The van der Waals surface area contributed by atoms with Crippen molar-refractivity contribution in [2.45, 2.75) is 32.2 Å². The number of methoxy groups -OCH3 is 1. The molecule has 0 spiro atoms. The van der Waals surface area contributed by atoms with Gasteiger partial charge in [0.25, 0.3) is 0 Å². The van der Waals surface area contributed by atoms with Crippen LogP contribution >= 0.6 is 0 Å². The van der Waals surface area contributed by atoms with Crippen molar-refractivity contribution in [1.82, 2.24) is 10.3 Å². The SMILES string of the molecule is C=CCOc1ccc(/C=C/C(=O)NCc2ccc(N3CCCCCC3)nc2)cc1OC. The number of amides is 1. The third-order valence-electron chi connectivity index (χ3n) is 5.18. The van der Waals surface area contributed by atoms with Crippen molar-refractivity contribution in [1.29, 1.82) is 0 Å². The van der Waals surface area contributed by atoms with Gasteiger partial charge in [-0.15, -0.1) is 0 Å². The molecule has 6 nitrogen and oxygen atoms in total. The van der Waals surface area contributed by atoms with E-state index in [9.17, 15) is 4.79 Å². The van der Waals surface area contributed by atoms with E-state index in [1.807, 2.05) is 36.5 Å². The number of hydrogen-bond donors (Lipinski definition) is 1. The molecule has 2 heterocycles. The van der Waals surface area contributed by atoms with Crippen molar-refractivity contribution >= 4 is 17.8 Å². The molecule has 3 rings (SSSR count). The van der Waals surface area contributed by atoms with Crippen LogP contribution in [0.15, 0.2) is 55.3 Å². The molecule has 1 amide bonds. The van der Waals surface area contributed by atoms with Crippen LogP contribution in [-0.2, 0) is 11.3 Å². The van der Waals surface area contributed by atoms with Gasteiger partial charge in [0, 0.05) is 31.9 Å². The Labute approximate surface area is 184 Å². The number of carbonyl (C=O) groups is 1. The Balaban J connectivity index is 1.51. The lowest BCUT2D eigenvalue weighted by Crippen LogP contribution is -2.25. The van der Waals surface area contributed by atoms with Crippen molar-refractivity contribution in [3.8, 4) is 11.5 Å². The van der Waals surface area contributed by atoms with Gasteiger partial charge in [0.05, 0.1) is 7.11 Å². The molecule has 1 N–H and O–H groups in total. The largest absolute Gasteiger partial charge is 0.493 e. The number of aromatic nitrogens is 1. The molecule has 0 saturated carbocycles. The Kier molecular flexibility index (Phi) is 8.52. The topological polar surface area (TPSA) is 63.7 Å². The summed E-state index contributed by atoms with van der Waals surface area (Å²) >= 11 is 0. The fraction of sp³-hybridized carbons (Fsp3) is 0.360. The molecule has 1 aromatic heterocycles. The van der Waals surface area contributed by atoms with E-state index in [-0.39, 0.29) is 5.91 Å². The molecule has 1 fully saturated rings. The molecule has 0 aliphatic carbocycles. The van der Waals surface area contributed by atoms with E-state index in [1.54, 1.807) is 19.3 Å². The first kappa shape index (κ1) is 22.4. The van der Waals surface area contributed by atoms with Crippen LogP contribution in [0.1, 0.15) is 36.8 Å². The molecule has 2 aromatic rings. The smallest absolute Gasteiger partial charge is 0.244 e. The summed E-state index contributed by atoms with van der Waals surface area (Å²) in [5.74, 6) is 2.11. The highest BCUT2D eigenvalue weighted by Crippen LogP contribution is 2.28. The molecule has 0 bridgehead atoms. The zero-order valence-corrected chi connectivity index (χ0v) is 18.2. The molecule has 1 aliphatic rings. The highest BCUT2D eigenvalue weighted by Gasteiger charge is 2.11. The first-order chi connectivity index (χ1) is 15.2. The Hall–Kier alpha value is -3.28. The fourth-order valence-electron chi connectivity index (χ4n) is 3.48. The van der Waals surface area contributed by atoms with Crippen LogP contribution in [-0.4, -0.2) is 37.7 Å². The minimum atomic E-state index is -0.164. The maximum atomic E-state index is 12.2. The van der Waals surface area contributed by atoms with Crippen LogP contribution in [0.2, 0.25) is 0 Å². The predicted molar refractivity (Wildman–Crippen MR) is 124 cm³/mol. The number of benzene rings is 1. The number of ether oxygens (including phenoxy) is 2. The van der Waals surface area contributed by atoms with Crippen molar-refractivity contribution in [2.75, 3.05) is 31.7 Å². The number of nitrogens with one attached hydrogen (secondary N) is 1. The van der Waals surface area contributed by atoms with Crippen LogP contribution < -0.4 is 19.7 Å². The minimum Gasteiger partial charge on any atom is -0.493 e. The van der Waals surface area contributed by atoms with Crippen LogP contribution in [0.4, 0.5) is 5.82 Å². The Morgan fingerprint density at radius 2 is 1.97 bits per heavy atom. The monoisotopic (exact) mass is 421 g/mol. The van der Waals surface area contributed by atoms with E-state index in [4.69, 9.17) is 9.47 Å². The van der Waals surface area contributed by atoms with Gasteiger partial charge < -0.3 is 19.7 Å². The lowest BCUT2D eigenvalue weighted by molar-refractivity contribution is -0.116. The molecule has 0 unspecified atom stereocenters. The van der Waals surface area contributed by atoms with Gasteiger partial charge in [0.2, 0.25) is 5.91 Å². The standard InChI is InChI=1S/C25H31N3O3/c1-3-16-31-22-11-8-20(17-23(22)30-2)10-13-25(29)27-19-21-9-12-24(26-18-21)28-14-6-4-5-7-15-28/h3,8-13,17-18H,1,4-7,14-16,19H2,2H3,(H,27,29)/b13-10+. The summed E-state index contributed by atoms with van der Waals surface area (Å²) in [4.78, 5) is 19.1. The Bertz CT molecular complexity index is 885. The Morgan fingerprint density at radius 3 is 2.65 bits per heavy atom. The van der Waals surface area contributed by atoms with Crippen LogP contribution in [0.5, 0.6) is 11.5 Å². The molecular formula is C25H31N3O3. The summed E-state index contributed by atoms with van der Waals surface area (Å²) < 4.78 is 10.9. The zero-order chi connectivity index (χ0) is 21.9. The maximum absolute atomic E-state index is 12.2. The first-order valence-electron chi connectivity index (χ1n) is 10.8. The zero-order valence-electron chi connectivity index (χ0n) is 18.2. The third kappa shape index (κ3) is 6.88. The second kappa shape index (κ2) is 11.8. The van der Waals surface area contributed by atoms with E-state index < -0.39 is 0 Å². The number of carbonyl (C=O) groups excluding carboxylic acids is 1. The van der Waals surface area contributed by atoms with Gasteiger partial charge in [-0.1, -0.05) is 37.6 Å². The van der Waals surface area contributed by atoms with Gasteiger partial charge in [-0.25, -0.2) is 4.98 Å². The average molecular weight is 422 g/mol. The van der Waals surface area contributed by atoms with Crippen molar-refractivity contribution in [3.05, 3.63) is 66.4 Å². The van der Waals surface area contributed by atoms with E-state index >= 15 is 0 Å². The molecule has 1 aromatic carbocycles. The predicted octanol–water partition coefficient (Wildman–Crippen LogP) is 4.37. The average Bonchev–Trinajstić information content (AvgIpc) is 3.10. The minimum absolute atomic E-state index is 0.164. The number of anilines is 1. The van der Waals surface area contributed by atoms with Crippen molar-refractivity contribution in [3.63, 3.8) is 0 Å². The number of pyridine rings is 1. The van der Waals surface area contributed by atoms with Gasteiger partial charge in [0.15, 0.2) is 11.5 Å². The quantitative estimate of drug-likeness (QED) is 0.481. The van der Waals surface area contributed by atoms with Gasteiger partial charge in [-0.05, 0) is 48.2 Å². The van der Waals surface area contributed by atoms with E-state index in [1.165, 1.54) is 31.8 Å². The first-order valence-corrected chi connectivity index (χ1v) is 10.8. The summed E-state index contributed by atoms with van der Waals surface area (Å²) in [6.07, 6.45) is 11.8. The lowest BCUT2D eigenvalue weighted by Gasteiger charge is -2.21. The van der Waals surface area contributed by atoms with E-state index in [2.05, 4.69) is 21.8 Å². The number of hydrogen-bond acceptors (Lipinski definition) is 5. The summed E-state index contributed by atoms with van der Waals surface area (Å²) in [6, 6.07) is 9.59. The van der Waals surface area contributed by atoms with Gasteiger partial charge in [-0.2, -0.15) is 0 Å². The number of rotatable bonds is 9. The molecule has 0 radical (unpaired) electrons. The summed E-state index contributed by atoms with van der Waals surface area (Å²) in [6.45, 7) is 6.62. The maximum Gasteiger partial charge on any atom is 0.244 e. The molecule has 6 heteroatoms. The van der Waals surface area contributed by atoms with E-state index in [0.29, 0.717) is 24.7 Å². The molecule has 164 valence electrons. The summed E-state index contributed by atoms with van der Waals surface area (Å²) in [7, 11) is 1.59. The second-order valence-electron chi connectivity index (χ2n) is 7.49. The number of nitrogens with zero attached hydrogens (tertiary/aromatic N) is 2. The van der Waals surface area contributed by atoms with Crippen LogP contribution in [0.25, 0.3) is 6.08 Å². The van der Waals surface area contributed by atoms with Gasteiger partial charge in [0.1, 0.15) is 12.4 Å². The van der Waals surface area contributed by atoms with Crippen LogP contribution in [0, 0.1) is 0 Å². The van der Waals surface area contributed by atoms with E-state index in [0.717, 1.165) is 30.0 Å². The highest BCUT2D eigenvalue weighted by atomic mass is 16.5. The lowest BCUT2D eigenvalue weighted by atomic mass is 10.2. The molecule has 1 saturated heterocycles.